The van der Waals surface area contributed by atoms with Gasteiger partial charge in [-0.1, -0.05) is 23.2 Å². The second-order valence-corrected chi connectivity index (χ2v) is 4.23. The summed E-state index contributed by atoms with van der Waals surface area (Å²) in [5.41, 5.74) is 1.94. The van der Waals surface area contributed by atoms with Gasteiger partial charge in [-0.3, -0.25) is 0 Å². The molecule has 1 aliphatic rings. The third-order valence-electron chi connectivity index (χ3n) is 2.60. The molecule has 1 atom stereocenters. The lowest BCUT2D eigenvalue weighted by Crippen LogP contribution is -2.15. The number of hydrogen-bond donors (Lipinski definition) is 0. The predicted octanol–water partition coefficient (Wildman–Crippen LogP) is 3.20. The standard InChI is InChI=1S/C10H12Cl2N2O/c1-2-15-7-5-3-4-6-8(7)10(12)14-13-9(6)11/h7H,2-5H2,1H3. The molecule has 1 aliphatic carbocycles. The molecule has 1 aromatic rings. The molecule has 0 N–H and O–H groups in total. The first-order valence-corrected chi connectivity index (χ1v) is 5.81. The van der Waals surface area contributed by atoms with Crippen LogP contribution in [0, 0.1) is 0 Å². The summed E-state index contributed by atoms with van der Waals surface area (Å²) in [4.78, 5) is 0. The molecule has 2 rings (SSSR count). The summed E-state index contributed by atoms with van der Waals surface area (Å²) in [5.74, 6) is 0. The minimum Gasteiger partial charge on any atom is -0.374 e. The van der Waals surface area contributed by atoms with Crippen LogP contribution in [0.25, 0.3) is 0 Å². The second-order valence-electron chi connectivity index (χ2n) is 3.51. The highest BCUT2D eigenvalue weighted by molar-refractivity contribution is 6.32. The Hall–Kier alpha value is -0.380. The molecule has 15 heavy (non-hydrogen) atoms. The van der Waals surface area contributed by atoms with E-state index in [-0.39, 0.29) is 6.10 Å². The number of fused-ring (bicyclic) bond motifs is 1. The Bertz CT molecular complexity index is 371. The first-order chi connectivity index (χ1) is 7.24. The van der Waals surface area contributed by atoms with Gasteiger partial charge in [0.1, 0.15) is 0 Å². The van der Waals surface area contributed by atoms with Crippen LogP contribution in [-0.4, -0.2) is 16.8 Å². The van der Waals surface area contributed by atoms with Crippen LogP contribution in [0.3, 0.4) is 0 Å². The summed E-state index contributed by atoms with van der Waals surface area (Å²) in [5, 5.41) is 8.52. The molecule has 0 radical (unpaired) electrons. The molecule has 5 heteroatoms. The van der Waals surface area contributed by atoms with E-state index in [0.717, 1.165) is 30.4 Å². The van der Waals surface area contributed by atoms with Crippen molar-refractivity contribution in [3.8, 4) is 0 Å². The van der Waals surface area contributed by atoms with Crippen molar-refractivity contribution < 1.29 is 4.74 Å². The van der Waals surface area contributed by atoms with Gasteiger partial charge in [-0.25, -0.2) is 0 Å². The third-order valence-corrected chi connectivity index (χ3v) is 3.19. The molecule has 0 spiro atoms. The van der Waals surface area contributed by atoms with Crippen molar-refractivity contribution in [1.82, 2.24) is 10.2 Å². The molecule has 0 amide bonds. The molecular formula is C10H12Cl2N2O. The van der Waals surface area contributed by atoms with Gasteiger partial charge in [0.15, 0.2) is 10.3 Å². The summed E-state index contributed by atoms with van der Waals surface area (Å²) in [6.45, 7) is 2.64. The Morgan fingerprint density at radius 1 is 1.33 bits per heavy atom. The second kappa shape index (κ2) is 4.64. The molecule has 0 saturated heterocycles. The van der Waals surface area contributed by atoms with Gasteiger partial charge >= 0.3 is 0 Å². The van der Waals surface area contributed by atoms with Crippen LogP contribution in [0.15, 0.2) is 0 Å². The van der Waals surface area contributed by atoms with Crippen molar-refractivity contribution in [2.75, 3.05) is 6.61 Å². The molecule has 0 bridgehead atoms. The summed E-state index contributed by atoms with van der Waals surface area (Å²) >= 11 is 12.0. The Kier molecular flexibility index (Phi) is 3.44. The van der Waals surface area contributed by atoms with Crippen molar-refractivity contribution in [1.29, 1.82) is 0 Å². The third kappa shape index (κ3) is 2.10. The van der Waals surface area contributed by atoms with Crippen LogP contribution in [-0.2, 0) is 11.2 Å². The highest BCUT2D eigenvalue weighted by Gasteiger charge is 2.26. The van der Waals surface area contributed by atoms with Gasteiger partial charge in [-0.2, -0.15) is 0 Å². The molecule has 0 aliphatic heterocycles. The maximum atomic E-state index is 6.03. The predicted molar refractivity (Wildman–Crippen MR) is 59.4 cm³/mol. The van der Waals surface area contributed by atoms with Crippen molar-refractivity contribution >= 4 is 23.2 Å². The first kappa shape index (κ1) is 11.1. The van der Waals surface area contributed by atoms with Gasteiger partial charge in [0, 0.05) is 17.7 Å². The number of halogens is 2. The van der Waals surface area contributed by atoms with Gasteiger partial charge in [0.05, 0.1) is 6.10 Å². The molecular weight excluding hydrogens is 235 g/mol. The van der Waals surface area contributed by atoms with Gasteiger partial charge in [0.2, 0.25) is 0 Å². The molecule has 1 unspecified atom stereocenters. The molecule has 82 valence electrons. The normalized spacial score (nSPS) is 20.1. The lowest BCUT2D eigenvalue weighted by Gasteiger charge is -2.25. The highest BCUT2D eigenvalue weighted by Crippen LogP contribution is 2.38. The maximum Gasteiger partial charge on any atom is 0.157 e. The van der Waals surface area contributed by atoms with Crippen LogP contribution in [0.1, 0.15) is 37.0 Å². The summed E-state index contributed by atoms with van der Waals surface area (Å²) in [6, 6.07) is 0. The number of aromatic nitrogens is 2. The van der Waals surface area contributed by atoms with Crippen molar-refractivity contribution in [3.63, 3.8) is 0 Å². The van der Waals surface area contributed by atoms with Crippen LogP contribution in [0.5, 0.6) is 0 Å². The van der Waals surface area contributed by atoms with Crippen molar-refractivity contribution in [3.05, 3.63) is 21.4 Å². The van der Waals surface area contributed by atoms with E-state index in [9.17, 15) is 0 Å². The van der Waals surface area contributed by atoms with Gasteiger partial charge in [0.25, 0.3) is 0 Å². The Balaban J connectivity index is 2.45. The Labute approximate surface area is 98.7 Å². The Morgan fingerprint density at radius 3 is 2.80 bits per heavy atom. The van der Waals surface area contributed by atoms with Gasteiger partial charge < -0.3 is 4.74 Å². The minimum atomic E-state index is 0.0271. The topological polar surface area (TPSA) is 35.0 Å². The molecule has 0 aromatic carbocycles. The number of nitrogens with zero attached hydrogens (tertiary/aromatic N) is 2. The zero-order valence-electron chi connectivity index (χ0n) is 8.46. The lowest BCUT2D eigenvalue weighted by atomic mass is 9.92. The minimum absolute atomic E-state index is 0.0271. The SMILES string of the molecule is CCOC1CCCc2c(Cl)nnc(Cl)c21. The average molecular weight is 247 g/mol. The van der Waals surface area contributed by atoms with E-state index < -0.39 is 0 Å². The molecule has 0 fully saturated rings. The fourth-order valence-corrected chi connectivity index (χ4v) is 2.49. The van der Waals surface area contributed by atoms with Crippen LogP contribution in [0.4, 0.5) is 0 Å². The number of hydrogen-bond acceptors (Lipinski definition) is 3. The Morgan fingerprint density at radius 2 is 2.07 bits per heavy atom. The van der Waals surface area contributed by atoms with E-state index in [1.54, 1.807) is 0 Å². The average Bonchev–Trinajstić information content (AvgIpc) is 2.24. The van der Waals surface area contributed by atoms with E-state index in [1.165, 1.54) is 0 Å². The van der Waals surface area contributed by atoms with Crippen molar-refractivity contribution in [2.24, 2.45) is 0 Å². The molecule has 0 saturated carbocycles. The van der Waals surface area contributed by atoms with E-state index in [4.69, 9.17) is 27.9 Å². The molecule has 1 aromatic heterocycles. The molecule has 3 nitrogen and oxygen atoms in total. The zero-order chi connectivity index (χ0) is 10.8. The fraction of sp³-hybridized carbons (Fsp3) is 0.600. The van der Waals surface area contributed by atoms with Gasteiger partial charge in [-0.15, -0.1) is 10.2 Å². The van der Waals surface area contributed by atoms with E-state index in [1.807, 2.05) is 6.92 Å². The zero-order valence-corrected chi connectivity index (χ0v) is 9.98. The summed E-state index contributed by atoms with van der Waals surface area (Å²) < 4.78 is 5.63. The fourth-order valence-electron chi connectivity index (χ4n) is 1.98. The largest absolute Gasteiger partial charge is 0.374 e. The highest BCUT2D eigenvalue weighted by atomic mass is 35.5. The van der Waals surface area contributed by atoms with E-state index in [0.29, 0.717) is 16.9 Å². The van der Waals surface area contributed by atoms with Crippen LogP contribution < -0.4 is 0 Å². The quantitative estimate of drug-likeness (QED) is 0.804. The smallest absolute Gasteiger partial charge is 0.157 e. The number of ether oxygens (including phenoxy) is 1. The maximum absolute atomic E-state index is 6.03. The lowest BCUT2D eigenvalue weighted by molar-refractivity contribution is 0.0497. The summed E-state index contributed by atoms with van der Waals surface area (Å²) in [7, 11) is 0. The monoisotopic (exact) mass is 246 g/mol. The summed E-state index contributed by atoms with van der Waals surface area (Å²) in [6.07, 6.45) is 2.97. The van der Waals surface area contributed by atoms with E-state index in [2.05, 4.69) is 10.2 Å². The van der Waals surface area contributed by atoms with Crippen LogP contribution >= 0.6 is 23.2 Å². The first-order valence-electron chi connectivity index (χ1n) is 5.06. The van der Waals surface area contributed by atoms with Gasteiger partial charge in [-0.05, 0) is 26.2 Å². The number of rotatable bonds is 2. The van der Waals surface area contributed by atoms with Crippen LogP contribution in [0.2, 0.25) is 10.3 Å². The van der Waals surface area contributed by atoms with Crippen molar-refractivity contribution in [2.45, 2.75) is 32.3 Å². The van der Waals surface area contributed by atoms with E-state index >= 15 is 0 Å². The molecule has 1 heterocycles.